The number of aliphatic hydroxyl groups excluding tert-OH is 1. The van der Waals surface area contributed by atoms with E-state index in [0.717, 1.165) is 11.6 Å². The van der Waals surface area contributed by atoms with Gasteiger partial charge in [-0.2, -0.15) is 0 Å². The second-order valence-corrected chi connectivity index (χ2v) is 5.18. The molecule has 0 heterocycles. The summed E-state index contributed by atoms with van der Waals surface area (Å²) in [5.74, 6) is -1.68. The number of halogens is 1. The highest BCUT2D eigenvalue weighted by molar-refractivity contribution is 5.94. The number of benzene rings is 2. The number of aromatic hydroxyl groups is 1. The van der Waals surface area contributed by atoms with E-state index >= 15 is 0 Å². The first-order valence-corrected chi connectivity index (χ1v) is 6.98. The van der Waals surface area contributed by atoms with Crippen LogP contribution in [0.15, 0.2) is 48.5 Å². The summed E-state index contributed by atoms with van der Waals surface area (Å²) in [5, 5.41) is 21.8. The lowest BCUT2D eigenvalue weighted by Gasteiger charge is -2.20. The average Bonchev–Trinajstić information content (AvgIpc) is 2.47. The molecular formula is C17H18FNO3. The highest BCUT2D eigenvalue weighted by Crippen LogP contribution is 2.15. The van der Waals surface area contributed by atoms with Crippen LogP contribution in [0.2, 0.25) is 0 Å². The monoisotopic (exact) mass is 303 g/mol. The third-order valence-corrected chi connectivity index (χ3v) is 3.42. The normalized spacial score (nSPS) is 13.4. The van der Waals surface area contributed by atoms with Crippen LogP contribution in [0.1, 0.15) is 22.8 Å². The molecule has 2 aromatic rings. The van der Waals surface area contributed by atoms with Gasteiger partial charge in [0.15, 0.2) is 0 Å². The van der Waals surface area contributed by atoms with Crippen LogP contribution in [0.25, 0.3) is 0 Å². The van der Waals surface area contributed by atoms with E-state index in [2.05, 4.69) is 5.32 Å². The number of amides is 1. The van der Waals surface area contributed by atoms with Crippen molar-refractivity contribution in [1.29, 1.82) is 0 Å². The Morgan fingerprint density at radius 2 is 1.91 bits per heavy atom. The predicted molar refractivity (Wildman–Crippen MR) is 81.1 cm³/mol. The molecule has 0 saturated heterocycles. The van der Waals surface area contributed by atoms with Crippen molar-refractivity contribution in [3.63, 3.8) is 0 Å². The van der Waals surface area contributed by atoms with Crippen molar-refractivity contribution < 1.29 is 19.4 Å². The van der Waals surface area contributed by atoms with Crippen LogP contribution in [-0.2, 0) is 6.42 Å². The molecular weight excluding hydrogens is 285 g/mol. The standard InChI is InChI=1S/C17H18FNO3/c1-11(16(21)9-12-5-3-2-4-6-12)19-17(22)14-8-7-13(20)10-15(14)18/h2-8,10-11,16,20-21H,9H2,1H3,(H,19,22)/t11-,16+/m0/s1. The van der Waals surface area contributed by atoms with Crippen molar-refractivity contribution in [2.75, 3.05) is 0 Å². The first-order valence-electron chi connectivity index (χ1n) is 6.98. The molecule has 0 spiro atoms. The summed E-state index contributed by atoms with van der Waals surface area (Å²) in [7, 11) is 0. The van der Waals surface area contributed by atoms with Crippen molar-refractivity contribution in [2.24, 2.45) is 0 Å². The molecule has 0 bridgehead atoms. The van der Waals surface area contributed by atoms with Gasteiger partial charge >= 0.3 is 0 Å². The molecule has 22 heavy (non-hydrogen) atoms. The van der Waals surface area contributed by atoms with Gasteiger partial charge in [-0.3, -0.25) is 4.79 Å². The van der Waals surface area contributed by atoms with Gasteiger partial charge < -0.3 is 15.5 Å². The molecule has 0 fully saturated rings. The van der Waals surface area contributed by atoms with Crippen LogP contribution in [0.5, 0.6) is 5.75 Å². The van der Waals surface area contributed by atoms with E-state index in [9.17, 15) is 14.3 Å². The highest BCUT2D eigenvalue weighted by Gasteiger charge is 2.19. The Labute approximate surface area is 128 Å². The fourth-order valence-electron chi connectivity index (χ4n) is 2.10. The maximum absolute atomic E-state index is 13.6. The number of aliphatic hydroxyl groups is 1. The van der Waals surface area contributed by atoms with Crippen LogP contribution in [0, 0.1) is 5.82 Å². The molecule has 0 aliphatic rings. The number of phenols is 1. The molecule has 4 nitrogen and oxygen atoms in total. The topological polar surface area (TPSA) is 69.6 Å². The fourth-order valence-corrected chi connectivity index (χ4v) is 2.10. The predicted octanol–water partition coefficient (Wildman–Crippen LogP) is 2.25. The van der Waals surface area contributed by atoms with Gasteiger partial charge in [0, 0.05) is 12.5 Å². The Morgan fingerprint density at radius 3 is 2.55 bits per heavy atom. The third kappa shape index (κ3) is 4.05. The zero-order valence-corrected chi connectivity index (χ0v) is 12.2. The molecule has 0 radical (unpaired) electrons. The summed E-state index contributed by atoms with van der Waals surface area (Å²) in [6, 6.07) is 12.2. The van der Waals surface area contributed by atoms with E-state index in [1.54, 1.807) is 6.92 Å². The van der Waals surface area contributed by atoms with Gasteiger partial charge in [0.2, 0.25) is 0 Å². The number of phenolic OH excluding ortho intramolecular Hbond substituents is 1. The van der Waals surface area contributed by atoms with E-state index < -0.39 is 23.9 Å². The molecule has 0 saturated carbocycles. The molecule has 2 rings (SSSR count). The number of rotatable bonds is 5. The molecule has 2 atom stereocenters. The molecule has 0 aliphatic heterocycles. The van der Waals surface area contributed by atoms with Gasteiger partial charge in [-0.25, -0.2) is 4.39 Å². The first kappa shape index (κ1) is 16.0. The van der Waals surface area contributed by atoms with E-state index in [1.807, 2.05) is 30.3 Å². The zero-order valence-electron chi connectivity index (χ0n) is 12.2. The maximum atomic E-state index is 13.6. The fraction of sp³-hybridized carbons (Fsp3) is 0.235. The van der Waals surface area contributed by atoms with Gasteiger partial charge in [-0.1, -0.05) is 30.3 Å². The van der Waals surface area contributed by atoms with E-state index in [1.165, 1.54) is 12.1 Å². The summed E-state index contributed by atoms with van der Waals surface area (Å²) >= 11 is 0. The molecule has 5 heteroatoms. The molecule has 0 aromatic heterocycles. The van der Waals surface area contributed by atoms with Crippen LogP contribution < -0.4 is 5.32 Å². The van der Waals surface area contributed by atoms with E-state index in [0.29, 0.717) is 6.42 Å². The largest absolute Gasteiger partial charge is 0.508 e. The minimum absolute atomic E-state index is 0.170. The van der Waals surface area contributed by atoms with Gasteiger partial charge in [-0.15, -0.1) is 0 Å². The summed E-state index contributed by atoms with van der Waals surface area (Å²) in [6.07, 6.45) is -0.396. The summed E-state index contributed by atoms with van der Waals surface area (Å²) < 4.78 is 13.6. The number of carbonyl (C=O) groups is 1. The van der Waals surface area contributed by atoms with Crippen molar-refractivity contribution in [2.45, 2.75) is 25.5 Å². The van der Waals surface area contributed by atoms with Crippen molar-refractivity contribution in [1.82, 2.24) is 5.32 Å². The van der Waals surface area contributed by atoms with E-state index in [4.69, 9.17) is 5.11 Å². The Morgan fingerprint density at radius 1 is 1.23 bits per heavy atom. The Kier molecular flexibility index (Phi) is 5.12. The van der Waals surface area contributed by atoms with Crippen LogP contribution in [-0.4, -0.2) is 28.3 Å². The van der Waals surface area contributed by atoms with Crippen molar-refractivity contribution in [3.05, 3.63) is 65.5 Å². The SMILES string of the molecule is C[C@H](NC(=O)c1ccc(O)cc1F)[C@H](O)Cc1ccccc1. The molecule has 0 aliphatic carbocycles. The molecule has 116 valence electrons. The Balaban J connectivity index is 1.98. The van der Waals surface area contributed by atoms with Gasteiger partial charge in [0.1, 0.15) is 11.6 Å². The molecule has 2 aromatic carbocycles. The number of hydrogen-bond acceptors (Lipinski definition) is 3. The lowest BCUT2D eigenvalue weighted by molar-refractivity contribution is 0.0848. The Hall–Kier alpha value is -2.40. The summed E-state index contributed by atoms with van der Waals surface area (Å²) in [6.45, 7) is 1.66. The summed E-state index contributed by atoms with van der Waals surface area (Å²) in [5.41, 5.74) is 0.781. The molecule has 3 N–H and O–H groups in total. The first-order chi connectivity index (χ1) is 10.5. The lowest BCUT2D eigenvalue weighted by atomic mass is 10.0. The minimum Gasteiger partial charge on any atom is -0.508 e. The highest BCUT2D eigenvalue weighted by atomic mass is 19.1. The number of hydrogen-bond donors (Lipinski definition) is 3. The quantitative estimate of drug-likeness (QED) is 0.793. The van der Waals surface area contributed by atoms with Crippen LogP contribution in [0.4, 0.5) is 4.39 Å². The summed E-state index contributed by atoms with van der Waals surface area (Å²) in [4.78, 5) is 12.0. The second-order valence-electron chi connectivity index (χ2n) is 5.18. The van der Waals surface area contributed by atoms with E-state index in [-0.39, 0.29) is 11.3 Å². The number of nitrogens with one attached hydrogen (secondary N) is 1. The van der Waals surface area contributed by atoms with Crippen molar-refractivity contribution in [3.8, 4) is 5.75 Å². The average molecular weight is 303 g/mol. The molecule has 0 unspecified atom stereocenters. The maximum Gasteiger partial charge on any atom is 0.254 e. The van der Waals surface area contributed by atoms with Crippen molar-refractivity contribution >= 4 is 5.91 Å². The number of carbonyl (C=O) groups excluding carboxylic acids is 1. The van der Waals surface area contributed by atoms with Gasteiger partial charge in [0.05, 0.1) is 17.7 Å². The molecule has 1 amide bonds. The van der Waals surface area contributed by atoms with Crippen LogP contribution >= 0.6 is 0 Å². The smallest absolute Gasteiger partial charge is 0.254 e. The third-order valence-electron chi connectivity index (χ3n) is 3.42. The second kappa shape index (κ2) is 7.04. The lowest BCUT2D eigenvalue weighted by Crippen LogP contribution is -2.42. The zero-order chi connectivity index (χ0) is 16.1. The van der Waals surface area contributed by atoms with Crippen LogP contribution in [0.3, 0.4) is 0 Å². The van der Waals surface area contributed by atoms with Gasteiger partial charge in [0.25, 0.3) is 5.91 Å². The Bertz CT molecular complexity index is 646. The minimum atomic E-state index is -0.803. The van der Waals surface area contributed by atoms with Gasteiger partial charge in [-0.05, 0) is 24.6 Å².